The summed E-state index contributed by atoms with van der Waals surface area (Å²) in [5.41, 5.74) is 2.76. The minimum atomic E-state index is 0.191. The first kappa shape index (κ1) is 11.5. The number of aryl methyl sites for hydroxylation is 1. The molecule has 0 saturated carbocycles. The number of hydrogen-bond acceptors (Lipinski definition) is 2. The van der Waals surface area contributed by atoms with E-state index in [1.165, 1.54) is 11.1 Å². The maximum Gasteiger partial charge on any atom is 0.157 e. The van der Waals surface area contributed by atoms with Crippen LogP contribution < -0.4 is 5.32 Å². The second-order valence-electron chi connectivity index (χ2n) is 4.90. The molecule has 0 unspecified atom stereocenters. The Kier molecular flexibility index (Phi) is 3.24. The second-order valence-corrected chi connectivity index (χ2v) is 5.87. The van der Waals surface area contributed by atoms with Crippen molar-refractivity contribution >= 4 is 16.9 Å². The van der Waals surface area contributed by atoms with Crippen molar-refractivity contribution in [1.29, 1.82) is 0 Å². The molecule has 0 aliphatic carbocycles. The number of nitrogens with zero attached hydrogens (tertiary/aromatic N) is 1. The van der Waals surface area contributed by atoms with Crippen LogP contribution in [0.2, 0.25) is 0 Å². The van der Waals surface area contributed by atoms with Gasteiger partial charge in [0.05, 0.1) is 6.54 Å². The lowest BCUT2D eigenvalue weighted by molar-refractivity contribution is 0.536. The fourth-order valence-electron chi connectivity index (χ4n) is 1.55. The molecule has 1 fully saturated rings. The lowest BCUT2D eigenvalue weighted by Gasteiger charge is -2.15. The lowest BCUT2D eigenvalue weighted by atomic mass is 10.1. The predicted molar refractivity (Wildman–Crippen MR) is 72.0 cm³/mol. The maximum absolute atomic E-state index is 4.59. The zero-order chi connectivity index (χ0) is 11.6. The van der Waals surface area contributed by atoms with Crippen LogP contribution in [0.25, 0.3) is 0 Å². The molecule has 0 atom stereocenters. The molecule has 1 aliphatic heterocycles. The molecule has 0 spiro atoms. The summed E-state index contributed by atoms with van der Waals surface area (Å²) in [6.07, 6.45) is 0. The topological polar surface area (TPSA) is 24.4 Å². The average Bonchev–Trinajstić information content (AvgIpc) is 2.58. The number of benzene rings is 1. The maximum atomic E-state index is 4.59. The van der Waals surface area contributed by atoms with Gasteiger partial charge in [0.15, 0.2) is 5.17 Å². The fourth-order valence-corrected chi connectivity index (χ4v) is 2.63. The Bertz CT molecular complexity index is 393. The molecule has 1 aromatic rings. The quantitative estimate of drug-likeness (QED) is 0.850. The van der Waals surface area contributed by atoms with E-state index in [9.17, 15) is 0 Å². The minimum absolute atomic E-state index is 0.191. The number of thioether (sulfide) groups is 1. The Morgan fingerprint density at radius 1 is 1.31 bits per heavy atom. The predicted octanol–water partition coefficient (Wildman–Crippen LogP) is 2.97. The largest absolute Gasteiger partial charge is 0.359 e. The fraction of sp³-hybridized carbons (Fsp3) is 0.462. The summed E-state index contributed by atoms with van der Waals surface area (Å²) in [7, 11) is 0. The lowest BCUT2D eigenvalue weighted by Crippen LogP contribution is -2.36. The van der Waals surface area contributed by atoms with Crippen molar-refractivity contribution in [3.05, 3.63) is 35.4 Å². The minimum Gasteiger partial charge on any atom is -0.359 e. The number of amidine groups is 1. The van der Waals surface area contributed by atoms with E-state index in [0.717, 1.165) is 17.5 Å². The third kappa shape index (κ3) is 3.01. The van der Waals surface area contributed by atoms with Crippen LogP contribution in [0, 0.1) is 6.92 Å². The highest BCUT2D eigenvalue weighted by atomic mass is 32.2. The van der Waals surface area contributed by atoms with Gasteiger partial charge in [-0.15, -0.1) is 0 Å². The standard InChI is InChI=1S/C13H18N2S/c1-10-4-6-11(7-5-10)8-14-12-15-13(2,3)9-16-12/h4-7H,8-9H2,1-3H3,(H,14,15). The smallest absolute Gasteiger partial charge is 0.157 e. The summed E-state index contributed by atoms with van der Waals surface area (Å²) < 4.78 is 0. The van der Waals surface area contributed by atoms with Crippen LogP contribution in [0.3, 0.4) is 0 Å². The normalized spacial score (nSPS) is 21.1. The van der Waals surface area contributed by atoms with E-state index in [-0.39, 0.29) is 5.54 Å². The molecule has 0 amide bonds. The van der Waals surface area contributed by atoms with Crippen molar-refractivity contribution in [2.75, 3.05) is 5.75 Å². The van der Waals surface area contributed by atoms with Gasteiger partial charge in [0.25, 0.3) is 0 Å². The van der Waals surface area contributed by atoms with Crippen molar-refractivity contribution < 1.29 is 0 Å². The van der Waals surface area contributed by atoms with Gasteiger partial charge in [0.2, 0.25) is 0 Å². The Morgan fingerprint density at radius 2 is 2.00 bits per heavy atom. The Hall–Kier alpha value is -0.960. The van der Waals surface area contributed by atoms with Crippen LogP contribution in [0.5, 0.6) is 0 Å². The van der Waals surface area contributed by atoms with E-state index < -0.39 is 0 Å². The van der Waals surface area contributed by atoms with E-state index in [2.05, 4.69) is 55.3 Å². The van der Waals surface area contributed by atoms with Crippen LogP contribution in [0.1, 0.15) is 25.0 Å². The van der Waals surface area contributed by atoms with Crippen LogP contribution in [0.4, 0.5) is 0 Å². The summed E-state index contributed by atoms with van der Waals surface area (Å²) in [6.45, 7) is 7.28. The molecule has 0 radical (unpaired) electrons. The average molecular weight is 234 g/mol. The zero-order valence-electron chi connectivity index (χ0n) is 10.1. The zero-order valence-corrected chi connectivity index (χ0v) is 10.9. The highest BCUT2D eigenvalue weighted by molar-refractivity contribution is 8.14. The summed E-state index contributed by atoms with van der Waals surface area (Å²) >= 11 is 1.81. The first-order valence-corrected chi connectivity index (χ1v) is 6.55. The Balaban J connectivity index is 1.97. The van der Waals surface area contributed by atoms with Crippen molar-refractivity contribution in [1.82, 2.24) is 5.32 Å². The van der Waals surface area contributed by atoms with E-state index in [0.29, 0.717) is 0 Å². The summed E-state index contributed by atoms with van der Waals surface area (Å²) in [5, 5.41) is 4.50. The van der Waals surface area contributed by atoms with Gasteiger partial charge in [-0.25, -0.2) is 0 Å². The molecule has 1 saturated heterocycles. The molecule has 86 valence electrons. The number of hydrogen-bond donors (Lipinski definition) is 1. The first-order valence-electron chi connectivity index (χ1n) is 5.56. The van der Waals surface area contributed by atoms with Gasteiger partial charge in [-0.2, -0.15) is 0 Å². The third-order valence-electron chi connectivity index (χ3n) is 2.54. The molecule has 2 rings (SSSR count). The van der Waals surface area contributed by atoms with Gasteiger partial charge in [0.1, 0.15) is 0 Å². The molecule has 3 heteroatoms. The first-order chi connectivity index (χ1) is 7.55. The monoisotopic (exact) mass is 234 g/mol. The van der Waals surface area contributed by atoms with Crippen molar-refractivity contribution in [2.24, 2.45) is 4.99 Å². The van der Waals surface area contributed by atoms with Crippen molar-refractivity contribution in [3.63, 3.8) is 0 Å². The molecule has 2 nitrogen and oxygen atoms in total. The molecule has 0 aromatic heterocycles. The molecule has 1 heterocycles. The van der Waals surface area contributed by atoms with Gasteiger partial charge in [-0.1, -0.05) is 41.6 Å². The van der Waals surface area contributed by atoms with E-state index >= 15 is 0 Å². The van der Waals surface area contributed by atoms with Crippen molar-refractivity contribution in [2.45, 2.75) is 32.9 Å². The van der Waals surface area contributed by atoms with Gasteiger partial charge in [-0.05, 0) is 26.3 Å². The molecule has 16 heavy (non-hydrogen) atoms. The van der Waals surface area contributed by atoms with Crippen LogP contribution >= 0.6 is 11.8 Å². The Labute approximate surface area is 102 Å². The van der Waals surface area contributed by atoms with Crippen LogP contribution in [-0.2, 0) is 6.54 Å². The van der Waals surface area contributed by atoms with Gasteiger partial charge in [-0.3, -0.25) is 4.99 Å². The number of aliphatic imine (C=N–C) groups is 1. The van der Waals surface area contributed by atoms with E-state index in [4.69, 9.17) is 0 Å². The molecular weight excluding hydrogens is 216 g/mol. The van der Waals surface area contributed by atoms with Crippen molar-refractivity contribution in [3.8, 4) is 0 Å². The van der Waals surface area contributed by atoms with Gasteiger partial charge >= 0.3 is 0 Å². The molecule has 1 aliphatic rings. The molecular formula is C13H18N2S. The highest BCUT2D eigenvalue weighted by Crippen LogP contribution is 2.22. The van der Waals surface area contributed by atoms with Gasteiger partial charge in [0, 0.05) is 11.3 Å². The SMILES string of the molecule is Cc1ccc(CN=C2NC(C)(C)CS2)cc1. The third-order valence-corrected chi connectivity index (χ3v) is 3.91. The highest BCUT2D eigenvalue weighted by Gasteiger charge is 2.26. The Morgan fingerprint density at radius 3 is 2.56 bits per heavy atom. The summed E-state index contributed by atoms with van der Waals surface area (Å²) in [6, 6.07) is 8.55. The van der Waals surface area contributed by atoms with Crippen LogP contribution in [0.15, 0.2) is 29.3 Å². The van der Waals surface area contributed by atoms with Crippen LogP contribution in [-0.4, -0.2) is 16.5 Å². The summed E-state index contributed by atoms with van der Waals surface area (Å²) in [4.78, 5) is 4.59. The second kappa shape index (κ2) is 4.50. The number of nitrogens with one attached hydrogen (secondary N) is 1. The number of rotatable bonds is 2. The van der Waals surface area contributed by atoms with Gasteiger partial charge < -0.3 is 5.32 Å². The molecule has 1 aromatic carbocycles. The molecule has 1 N–H and O–H groups in total. The molecule has 0 bridgehead atoms. The van der Waals surface area contributed by atoms with E-state index in [1.807, 2.05) is 11.8 Å². The van der Waals surface area contributed by atoms with E-state index in [1.54, 1.807) is 0 Å². The summed E-state index contributed by atoms with van der Waals surface area (Å²) in [5.74, 6) is 1.10.